The zero-order valence-electron chi connectivity index (χ0n) is 16.3. The van der Waals surface area contributed by atoms with Gasteiger partial charge in [-0.3, -0.25) is 10.4 Å². The van der Waals surface area contributed by atoms with Gasteiger partial charge in [0.05, 0.1) is 26.9 Å². The number of benzene rings is 1. The fraction of sp³-hybridized carbons (Fsp3) is 0.412. The van der Waals surface area contributed by atoms with Crippen molar-refractivity contribution in [3.8, 4) is 0 Å². The van der Waals surface area contributed by atoms with Crippen LogP contribution in [-0.2, 0) is 6.18 Å². The average molecular weight is 528 g/mol. The summed E-state index contributed by atoms with van der Waals surface area (Å²) in [5, 5.41) is 8.52. The summed E-state index contributed by atoms with van der Waals surface area (Å²) in [6.07, 6.45) is -15.6. The van der Waals surface area contributed by atoms with Gasteiger partial charge >= 0.3 is 18.5 Å². The molecule has 0 spiro atoms. The molecular weight excluding hydrogens is 516 g/mol. The van der Waals surface area contributed by atoms with E-state index in [4.69, 9.17) is 28.6 Å². The predicted molar refractivity (Wildman–Crippen MR) is 102 cm³/mol. The first-order valence-electron chi connectivity index (χ1n) is 8.79. The number of halogens is 11. The van der Waals surface area contributed by atoms with Crippen LogP contribution in [0.25, 0.3) is 0 Å². The van der Waals surface area contributed by atoms with Crippen LogP contribution < -0.4 is 15.8 Å². The summed E-state index contributed by atoms with van der Waals surface area (Å²) in [5.41, 5.74) is -4.94. The Morgan fingerprint density at radius 2 is 1.45 bits per heavy atom. The van der Waals surface area contributed by atoms with E-state index in [1.54, 1.807) is 0 Å². The largest absolute Gasteiger partial charge is 0.449 e. The molecule has 0 aliphatic carbocycles. The highest BCUT2D eigenvalue weighted by Gasteiger charge is 2.59. The molecule has 2 aliphatic rings. The van der Waals surface area contributed by atoms with E-state index in [-0.39, 0.29) is 0 Å². The lowest BCUT2D eigenvalue weighted by Gasteiger charge is -2.36. The summed E-state index contributed by atoms with van der Waals surface area (Å²) < 4.78 is 120. The second-order valence-electron chi connectivity index (χ2n) is 7.33. The first-order chi connectivity index (χ1) is 14.8. The van der Waals surface area contributed by atoms with Crippen molar-refractivity contribution in [3.05, 3.63) is 39.0 Å². The summed E-state index contributed by atoms with van der Waals surface area (Å²) >= 11 is 11.8. The Morgan fingerprint density at radius 3 is 1.85 bits per heavy atom. The van der Waals surface area contributed by atoms with Gasteiger partial charge in [-0.15, -0.1) is 0 Å². The van der Waals surface area contributed by atoms with Crippen molar-refractivity contribution in [2.75, 3.05) is 5.01 Å². The number of fused-ring (bicyclic) bond motifs is 1. The van der Waals surface area contributed by atoms with Gasteiger partial charge in [-0.2, -0.15) is 44.9 Å². The van der Waals surface area contributed by atoms with Gasteiger partial charge in [0, 0.05) is 0 Å². The molecule has 0 bridgehead atoms. The summed E-state index contributed by atoms with van der Waals surface area (Å²) in [6.45, 7) is 2.49. The van der Waals surface area contributed by atoms with Crippen LogP contribution in [0.1, 0.15) is 19.4 Å². The molecule has 0 amide bonds. The van der Waals surface area contributed by atoms with Gasteiger partial charge in [0.25, 0.3) is 0 Å². The Balaban J connectivity index is 2.28. The lowest BCUT2D eigenvalue weighted by atomic mass is 9.86. The van der Waals surface area contributed by atoms with Crippen molar-refractivity contribution < 1.29 is 39.5 Å². The fourth-order valence-electron chi connectivity index (χ4n) is 3.35. The van der Waals surface area contributed by atoms with Crippen molar-refractivity contribution in [3.63, 3.8) is 0 Å². The summed E-state index contributed by atoms with van der Waals surface area (Å²) in [4.78, 5) is 3.42. The van der Waals surface area contributed by atoms with Gasteiger partial charge in [0.15, 0.2) is 5.66 Å². The molecule has 1 fully saturated rings. The number of rotatable bonds is 2. The second-order valence-corrected chi connectivity index (χ2v) is 8.15. The summed E-state index contributed by atoms with van der Waals surface area (Å²) in [6, 6.07) is 0.840. The molecule has 1 atom stereocenters. The molecule has 1 unspecified atom stereocenters. The summed E-state index contributed by atoms with van der Waals surface area (Å²) in [7, 11) is 0. The Labute approximate surface area is 189 Å². The highest BCUT2D eigenvalue weighted by Crippen LogP contribution is 2.48. The minimum atomic E-state index is -5.38. The van der Waals surface area contributed by atoms with E-state index >= 15 is 0 Å². The van der Waals surface area contributed by atoms with Crippen molar-refractivity contribution in [2.45, 2.75) is 38.0 Å². The van der Waals surface area contributed by atoms with Crippen LogP contribution in [0.15, 0.2) is 28.4 Å². The number of nitrogens with one attached hydrogen (secondary N) is 3. The second kappa shape index (κ2) is 7.67. The van der Waals surface area contributed by atoms with Gasteiger partial charge in [0.2, 0.25) is 5.84 Å². The maximum atomic E-state index is 13.8. The molecule has 33 heavy (non-hydrogen) atoms. The van der Waals surface area contributed by atoms with E-state index in [1.807, 2.05) is 0 Å². The van der Waals surface area contributed by atoms with Crippen LogP contribution >= 0.6 is 23.2 Å². The maximum absolute atomic E-state index is 13.8. The highest BCUT2D eigenvalue weighted by atomic mass is 35.5. The van der Waals surface area contributed by atoms with Gasteiger partial charge in [0.1, 0.15) is 11.5 Å². The number of allylic oxidation sites excluding steroid dienone is 1. The Kier molecular flexibility index (Phi) is 5.91. The number of hydrogen-bond acceptors (Lipinski definition) is 4. The first kappa shape index (κ1) is 25.4. The predicted octanol–water partition coefficient (Wildman–Crippen LogP) is 6.05. The molecule has 3 N–H and O–H groups in total. The SMILES string of the molecule is CC(C)C12N=C(C(F)(F)F)NC(C(F)(F)F)=C1C(=N)N(c1c(Cl)cc(C(F)(F)F)cc1Cl)N2. The smallest absolute Gasteiger partial charge is 0.332 e. The van der Waals surface area contributed by atoms with Crippen LogP contribution in [0.5, 0.6) is 0 Å². The number of nitrogens with zero attached hydrogens (tertiary/aromatic N) is 2. The third-order valence-electron chi connectivity index (χ3n) is 4.86. The minimum Gasteiger partial charge on any atom is -0.332 e. The molecule has 0 radical (unpaired) electrons. The van der Waals surface area contributed by atoms with Crippen LogP contribution in [-0.4, -0.2) is 29.7 Å². The molecule has 1 aromatic rings. The average Bonchev–Trinajstić information content (AvgIpc) is 2.92. The molecular formula is C17H12Cl2F9N5. The van der Waals surface area contributed by atoms with Crippen molar-refractivity contribution in [1.29, 1.82) is 5.41 Å². The van der Waals surface area contributed by atoms with Crippen LogP contribution in [0.3, 0.4) is 0 Å². The number of aliphatic imine (C=N–C) groups is 1. The monoisotopic (exact) mass is 527 g/mol. The quantitative estimate of drug-likeness (QED) is 0.410. The first-order valence-corrected chi connectivity index (χ1v) is 9.55. The topological polar surface area (TPSA) is 63.5 Å². The Hall–Kier alpha value is -2.19. The number of anilines is 1. The highest BCUT2D eigenvalue weighted by molar-refractivity contribution is 6.40. The Morgan fingerprint density at radius 1 is 0.939 bits per heavy atom. The lowest BCUT2D eigenvalue weighted by Crippen LogP contribution is -2.56. The van der Waals surface area contributed by atoms with E-state index < -0.39 is 74.3 Å². The van der Waals surface area contributed by atoms with Crippen molar-refractivity contribution in [2.24, 2.45) is 10.9 Å². The number of hydrogen-bond donors (Lipinski definition) is 3. The zero-order chi connectivity index (χ0) is 25.3. The molecule has 16 heteroatoms. The van der Waals surface area contributed by atoms with Gasteiger partial charge in [-0.05, 0) is 18.1 Å². The van der Waals surface area contributed by atoms with E-state index in [0.717, 1.165) is 0 Å². The third-order valence-corrected chi connectivity index (χ3v) is 5.44. The van der Waals surface area contributed by atoms with E-state index in [0.29, 0.717) is 17.1 Å². The number of hydrazine groups is 1. The molecule has 5 nitrogen and oxygen atoms in total. The maximum Gasteiger partial charge on any atom is 0.449 e. The summed E-state index contributed by atoms with van der Waals surface area (Å²) in [5.74, 6) is -4.14. The molecule has 0 saturated carbocycles. The van der Waals surface area contributed by atoms with E-state index in [1.165, 1.54) is 19.2 Å². The molecule has 182 valence electrons. The lowest BCUT2D eigenvalue weighted by molar-refractivity contribution is -0.137. The van der Waals surface area contributed by atoms with Crippen LogP contribution in [0, 0.1) is 11.3 Å². The fourth-order valence-corrected chi connectivity index (χ4v) is 4.01. The van der Waals surface area contributed by atoms with Crippen molar-refractivity contribution in [1.82, 2.24) is 10.7 Å². The number of amidine groups is 2. The van der Waals surface area contributed by atoms with Crippen LogP contribution in [0.4, 0.5) is 45.2 Å². The van der Waals surface area contributed by atoms with Crippen LogP contribution in [0.2, 0.25) is 10.0 Å². The van der Waals surface area contributed by atoms with E-state index in [2.05, 4.69) is 10.4 Å². The molecule has 1 aromatic carbocycles. The Bertz CT molecular complexity index is 1050. The molecule has 1 saturated heterocycles. The normalized spacial score (nSPS) is 22.1. The third kappa shape index (κ3) is 4.23. The molecule has 3 rings (SSSR count). The molecule has 2 aliphatic heterocycles. The van der Waals surface area contributed by atoms with Gasteiger partial charge in [-0.1, -0.05) is 37.0 Å². The van der Waals surface area contributed by atoms with E-state index in [9.17, 15) is 39.5 Å². The minimum absolute atomic E-state index is 0.420. The molecule has 0 aromatic heterocycles. The number of alkyl halides is 9. The molecule has 2 heterocycles. The standard InChI is InChI=1S/C17H12Cl2F9N5/c1-5(2)14-9(11(16(23,24)25)30-13(31-14)17(26,27)28)12(29)33(32-14)10-7(18)3-6(4-8(10)19)15(20,21)22/h3-5,29,32H,1-2H3,(H,30,31). The zero-order valence-corrected chi connectivity index (χ0v) is 17.8. The van der Waals surface area contributed by atoms with Gasteiger partial charge in [-0.25, -0.2) is 4.99 Å². The van der Waals surface area contributed by atoms with Gasteiger partial charge < -0.3 is 5.32 Å². The van der Waals surface area contributed by atoms with Crippen molar-refractivity contribution >= 4 is 40.6 Å².